The zero-order valence-electron chi connectivity index (χ0n) is 18.5. The Hall–Kier alpha value is -3.03. The van der Waals surface area contributed by atoms with Crippen molar-refractivity contribution >= 4 is 0 Å². The number of hydrogen-bond acceptors (Lipinski definition) is 5. The predicted molar refractivity (Wildman–Crippen MR) is 122 cm³/mol. The maximum atomic E-state index is 14.2. The van der Waals surface area contributed by atoms with E-state index < -0.39 is 6.04 Å². The van der Waals surface area contributed by atoms with Crippen LogP contribution in [0.2, 0.25) is 0 Å². The maximum Gasteiger partial charge on any atom is 0.260 e. The highest BCUT2D eigenvalue weighted by atomic mass is 19.1. The zero-order chi connectivity index (χ0) is 22.7. The standard InChI is InChI=1S/C25H29FN4O2/c1-3-28-11-13-29(14-12-28)24(19-7-6-8-20(26)16-19)23-22(31)15-18(2)30(25(23)32)17-21-9-4-5-10-27-21/h4-10,15-16,24,31H,3,11-14,17H2,1-2H3/t24-/m1/s1. The van der Waals surface area contributed by atoms with Gasteiger partial charge in [0.05, 0.1) is 23.8 Å². The number of likely N-dealkylation sites (N-methyl/N-ethyl adjacent to an activating group) is 1. The average molecular weight is 437 g/mol. The van der Waals surface area contributed by atoms with Crippen molar-refractivity contribution in [2.45, 2.75) is 26.4 Å². The van der Waals surface area contributed by atoms with E-state index in [1.807, 2.05) is 24.3 Å². The first-order valence-electron chi connectivity index (χ1n) is 11.0. The molecule has 1 aliphatic rings. The molecule has 0 spiro atoms. The third kappa shape index (κ3) is 4.59. The van der Waals surface area contributed by atoms with Crippen molar-refractivity contribution in [3.05, 3.63) is 93.4 Å². The van der Waals surface area contributed by atoms with Crippen LogP contribution in [0.4, 0.5) is 4.39 Å². The Morgan fingerprint density at radius 3 is 2.53 bits per heavy atom. The molecule has 3 heterocycles. The molecule has 2 aromatic heterocycles. The number of hydrogen-bond donors (Lipinski definition) is 1. The van der Waals surface area contributed by atoms with Crippen LogP contribution in [0, 0.1) is 12.7 Å². The largest absolute Gasteiger partial charge is 0.507 e. The molecule has 0 aliphatic carbocycles. The predicted octanol–water partition coefficient (Wildman–Crippen LogP) is 3.17. The fourth-order valence-corrected chi connectivity index (χ4v) is 4.45. The normalized spacial score (nSPS) is 16.2. The van der Waals surface area contributed by atoms with Gasteiger partial charge in [0.1, 0.15) is 11.6 Å². The van der Waals surface area contributed by atoms with Crippen LogP contribution in [-0.4, -0.2) is 57.2 Å². The number of pyridine rings is 2. The lowest BCUT2D eigenvalue weighted by molar-refractivity contribution is 0.111. The van der Waals surface area contributed by atoms with Gasteiger partial charge in [-0.3, -0.25) is 14.7 Å². The SMILES string of the molecule is CCN1CCN([C@H](c2cccc(F)c2)c2c(O)cc(C)n(Cc3ccccn3)c2=O)CC1. The molecule has 0 saturated carbocycles. The molecule has 3 aromatic rings. The van der Waals surface area contributed by atoms with Crippen LogP contribution in [0.25, 0.3) is 0 Å². The molecule has 0 radical (unpaired) electrons. The Balaban J connectivity index is 1.82. The smallest absolute Gasteiger partial charge is 0.260 e. The minimum absolute atomic E-state index is 0.0584. The van der Waals surface area contributed by atoms with Gasteiger partial charge in [-0.25, -0.2) is 4.39 Å². The lowest BCUT2D eigenvalue weighted by Gasteiger charge is -2.39. The summed E-state index contributed by atoms with van der Waals surface area (Å²) in [6.45, 7) is 8.36. The van der Waals surface area contributed by atoms with Gasteiger partial charge >= 0.3 is 0 Å². The van der Waals surface area contributed by atoms with Crippen molar-refractivity contribution < 1.29 is 9.50 Å². The number of aromatic hydroxyl groups is 1. The Kier molecular flexibility index (Phi) is 6.67. The lowest BCUT2D eigenvalue weighted by atomic mass is 9.95. The number of benzene rings is 1. The summed E-state index contributed by atoms with van der Waals surface area (Å²) in [4.78, 5) is 22.6. The van der Waals surface area contributed by atoms with Crippen LogP contribution < -0.4 is 5.56 Å². The second-order valence-electron chi connectivity index (χ2n) is 8.22. The highest BCUT2D eigenvalue weighted by molar-refractivity contribution is 5.41. The van der Waals surface area contributed by atoms with E-state index in [0.29, 0.717) is 17.8 Å². The molecule has 1 N–H and O–H groups in total. The topological polar surface area (TPSA) is 61.6 Å². The van der Waals surface area contributed by atoms with E-state index in [-0.39, 0.29) is 22.7 Å². The number of piperazine rings is 1. The van der Waals surface area contributed by atoms with Crippen LogP contribution >= 0.6 is 0 Å². The molecule has 0 amide bonds. The van der Waals surface area contributed by atoms with Crippen LogP contribution in [0.3, 0.4) is 0 Å². The average Bonchev–Trinajstić information content (AvgIpc) is 2.80. The molecular weight excluding hydrogens is 407 g/mol. The highest BCUT2D eigenvalue weighted by Crippen LogP contribution is 2.33. The molecule has 0 bridgehead atoms. The van der Waals surface area contributed by atoms with Gasteiger partial charge in [0.2, 0.25) is 0 Å². The molecule has 1 saturated heterocycles. The number of rotatable bonds is 6. The van der Waals surface area contributed by atoms with E-state index >= 15 is 0 Å². The minimum atomic E-state index is -0.534. The summed E-state index contributed by atoms with van der Waals surface area (Å²) in [5, 5.41) is 10.9. The van der Waals surface area contributed by atoms with Crippen LogP contribution in [-0.2, 0) is 6.54 Å². The van der Waals surface area contributed by atoms with Crippen molar-refractivity contribution in [1.29, 1.82) is 0 Å². The summed E-state index contributed by atoms with van der Waals surface area (Å²) < 4.78 is 15.8. The molecule has 0 unspecified atom stereocenters. The second-order valence-corrected chi connectivity index (χ2v) is 8.22. The van der Waals surface area contributed by atoms with Crippen molar-refractivity contribution in [3.63, 3.8) is 0 Å². The first-order chi connectivity index (χ1) is 15.5. The van der Waals surface area contributed by atoms with E-state index in [1.54, 1.807) is 29.8 Å². The summed E-state index contributed by atoms with van der Waals surface area (Å²) >= 11 is 0. The van der Waals surface area contributed by atoms with Gasteiger partial charge in [0.25, 0.3) is 5.56 Å². The van der Waals surface area contributed by atoms with Crippen LogP contribution in [0.5, 0.6) is 5.75 Å². The van der Waals surface area contributed by atoms with Gasteiger partial charge in [0.15, 0.2) is 0 Å². The van der Waals surface area contributed by atoms with E-state index in [2.05, 4.69) is 21.7 Å². The van der Waals surface area contributed by atoms with Crippen molar-refractivity contribution in [1.82, 2.24) is 19.4 Å². The Morgan fingerprint density at radius 1 is 1.09 bits per heavy atom. The van der Waals surface area contributed by atoms with E-state index in [4.69, 9.17) is 0 Å². The first-order valence-corrected chi connectivity index (χ1v) is 11.0. The quantitative estimate of drug-likeness (QED) is 0.643. The molecule has 168 valence electrons. The van der Waals surface area contributed by atoms with Crippen molar-refractivity contribution in [2.75, 3.05) is 32.7 Å². The highest BCUT2D eigenvalue weighted by Gasteiger charge is 2.31. The molecule has 4 rings (SSSR count). The third-order valence-corrected chi connectivity index (χ3v) is 6.23. The Labute approximate surface area is 187 Å². The lowest BCUT2D eigenvalue weighted by Crippen LogP contribution is -2.48. The van der Waals surface area contributed by atoms with E-state index in [1.165, 1.54) is 12.1 Å². The molecule has 1 aliphatic heterocycles. The minimum Gasteiger partial charge on any atom is -0.507 e. The number of halogens is 1. The molecule has 1 atom stereocenters. The van der Waals surface area contributed by atoms with E-state index in [0.717, 1.165) is 38.4 Å². The summed E-state index contributed by atoms with van der Waals surface area (Å²) in [5.41, 5.74) is 2.07. The molecular formula is C25H29FN4O2. The Bertz CT molecular complexity index is 1120. The number of nitrogens with zero attached hydrogens (tertiary/aromatic N) is 4. The van der Waals surface area contributed by atoms with Crippen LogP contribution in [0.1, 0.15) is 35.5 Å². The summed E-state index contributed by atoms with van der Waals surface area (Å²) in [5.74, 6) is -0.419. The molecule has 6 nitrogen and oxygen atoms in total. The summed E-state index contributed by atoms with van der Waals surface area (Å²) in [7, 11) is 0. The van der Waals surface area contributed by atoms with Crippen molar-refractivity contribution in [3.8, 4) is 5.75 Å². The first kappa shape index (κ1) is 22.2. The second kappa shape index (κ2) is 9.63. The van der Waals surface area contributed by atoms with Gasteiger partial charge in [0, 0.05) is 38.1 Å². The summed E-state index contributed by atoms with van der Waals surface area (Å²) in [6, 6.07) is 13.0. The van der Waals surface area contributed by atoms with Crippen LogP contribution in [0.15, 0.2) is 59.5 Å². The number of aromatic nitrogens is 2. The monoisotopic (exact) mass is 436 g/mol. The fourth-order valence-electron chi connectivity index (χ4n) is 4.45. The van der Waals surface area contributed by atoms with Gasteiger partial charge in [-0.1, -0.05) is 25.1 Å². The van der Waals surface area contributed by atoms with Crippen molar-refractivity contribution in [2.24, 2.45) is 0 Å². The number of aryl methyl sites for hydroxylation is 1. The van der Waals surface area contributed by atoms with Gasteiger partial charge < -0.3 is 14.6 Å². The van der Waals surface area contributed by atoms with E-state index in [9.17, 15) is 14.3 Å². The molecule has 7 heteroatoms. The Morgan fingerprint density at radius 2 is 1.88 bits per heavy atom. The third-order valence-electron chi connectivity index (χ3n) is 6.23. The summed E-state index contributed by atoms with van der Waals surface area (Å²) in [6.07, 6.45) is 1.69. The zero-order valence-corrected chi connectivity index (χ0v) is 18.5. The van der Waals surface area contributed by atoms with Gasteiger partial charge in [-0.2, -0.15) is 0 Å². The molecule has 1 fully saturated rings. The van der Waals surface area contributed by atoms with Gasteiger partial charge in [-0.05, 0) is 49.4 Å². The fraction of sp³-hybridized carbons (Fsp3) is 0.360. The van der Waals surface area contributed by atoms with Gasteiger partial charge in [-0.15, -0.1) is 0 Å². The molecule has 1 aromatic carbocycles. The maximum absolute atomic E-state index is 14.2. The molecule has 32 heavy (non-hydrogen) atoms.